The van der Waals surface area contributed by atoms with Crippen LogP contribution in [0.5, 0.6) is 5.75 Å². The molecular formula is C18H20N2O6. The molecule has 1 N–H and O–H groups in total. The molecule has 0 fully saturated rings. The fraction of sp³-hybridized carbons (Fsp3) is 0.278. The van der Waals surface area contributed by atoms with Crippen molar-refractivity contribution in [1.29, 1.82) is 0 Å². The predicted octanol–water partition coefficient (Wildman–Crippen LogP) is 2.89. The van der Waals surface area contributed by atoms with Gasteiger partial charge in [0.1, 0.15) is 24.7 Å². The first-order valence-corrected chi connectivity index (χ1v) is 7.98. The number of carbonyl (C=O) groups excluding carboxylic acids is 1. The van der Waals surface area contributed by atoms with Crippen molar-refractivity contribution in [1.82, 2.24) is 0 Å². The van der Waals surface area contributed by atoms with Crippen LogP contribution in [0.2, 0.25) is 0 Å². The van der Waals surface area contributed by atoms with E-state index in [1.165, 1.54) is 25.3 Å². The van der Waals surface area contributed by atoms with Crippen molar-refractivity contribution in [2.24, 2.45) is 0 Å². The molecule has 0 saturated carbocycles. The van der Waals surface area contributed by atoms with E-state index in [4.69, 9.17) is 14.2 Å². The molecular weight excluding hydrogens is 340 g/mol. The summed E-state index contributed by atoms with van der Waals surface area (Å²) in [5, 5.41) is 14.1. The summed E-state index contributed by atoms with van der Waals surface area (Å²) in [6.45, 7) is 1.05. The number of nitrogens with one attached hydrogen (secondary N) is 1. The highest BCUT2D eigenvalue weighted by molar-refractivity contribution is 5.91. The van der Waals surface area contributed by atoms with Crippen LogP contribution < -0.4 is 10.1 Å². The molecule has 0 aliphatic carbocycles. The number of methoxy groups -OCH3 is 1. The zero-order chi connectivity index (χ0) is 18.8. The monoisotopic (exact) mass is 360 g/mol. The zero-order valence-electron chi connectivity index (χ0n) is 14.3. The fourth-order valence-corrected chi connectivity index (χ4v) is 2.14. The molecule has 0 spiro atoms. The van der Waals surface area contributed by atoms with Gasteiger partial charge in [0.2, 0.25) is 0 Å². The van der Waals surface area contributed by atoms with Crippen molar-refractivity contribution >= 4 is 17.3 Å². The van der Waals surface area contributed by atoms with E-state index in [-0.39, 0.29) is 24.5 Å². The van der Waals surface area contributed by atoms with Crippen LogP contribution in [0.15, 0.2) is 48.5 Å². The van der Waals surface area contributed by atoms with Gasteiger partial charge in [0, 0.05) is 19.7 Å². The number of esters is 1. The van der Waals surface area contributed by atoms with Crippen LogP contribution in [0.4, 0.5) is 11.4 Å². The smallest absolute Gasteiger partial charge is 0.338 e. The summed E-state index contributed by atoms with van der Waals surface area (Å²) in [6, 6.07) is 13.3. The Morgan fingerprint density at radius 2 is 1.88 bits per heavy atom. The van der Waals surface area contributed by atoms with Crippen LogP contribution >= 0.6 is 0 Å². The molecule has 0 amide bonds. The van der Waals surface area contributed by atoms with E-state index >= 15 is 0 Å². The number of nitrogens with zero attached hydrogens (tertiary/aromatic N) is 1. The molecule has 0 heterocycles. The maximum Gasteiger partial charge on any atom is 0.338 e. The van der Waals surface area contributed by atoms with Crippen LogP contribution in [0, 0.1) is 10.1 Å². The normalized spacial score (nSPS) is 10.2. The average Bonchev–Trinajstić information content (AvgIpc) is 2.66. The maximum atomic E-state index is 12.1. The summed E-state index contributed by atoms with van der Waals surface area (Å²) >= 11 is 0. The molecule has 0 bridgehead atoms. The number of hydrogen-bond acceptors (Lipinski definition) is 7. The van der Waals surface area contributed by atoms with Gasteiger partial charge in [-0.1, -0.05) is 18.2 Å². The van der Waals surface area contributed by atoms with Gasteiger partial charge in [0.25, 0.3) is 5.69 Å². The molecule has 0 aliphatic heterocycles. The third kappa shape index (κ3) is 5.75. The number of ether oxygens (including phenoxy) is 3. The summed E-state index contributed by atoms with van der Waals surface area (Å²) < 4.78 is 15.4. The van der Waals surface area contributed by atoms with Crippen molar-refractivity contribution in [3.8, 4) is 5.75 Å². The molecule has 0 aromatic heterocycles. The van der Waals surface area contributed by atoms with Gasteiger partial charge in [0.15, 0.2) is 0 Å². The lowest BCUT2D eigenvalue weighted by Crippen LogP contribution is -2.13. The molecule has 26 heavy (non-hydrogen) atoms. The number of nitro groups is 1. The van der Waals surface area contributed by atoms with Crippen LogP contribution in [0.25, 0.3) is 0 Å². The highest BCUT2D eigenvalue weighted by atomic mass is 16.6. The fourth-order valence-electron chi connectivity index (χ4n) is 2.14. The van der Waals surface area contributed by atoms with Crippen molar-refractivity contribution in [2.75, 3.05) is 38.8 Å². The van der Waals surface area contributed by atoms with Crippen LogP contribution in [-0.2, 0) is 9.47 Å². The van der Waals surface area contributed by atoms with Gasteiger partial charge < -0.3 is 19.5 Å². The zero-order valence-corrected chi connectivity index (χ0v) is 14.3. The molecule has 0 saturated heterocycles. The Bertz CT molecular complexity index is 736. The highest BCUT2D eigenvalue weighted by Gasteiger charge is 2.18. The molecule has 0 radical (unpaired) electrons. The van der Waals surface area contributed by atoms with Gasteiger partial charge in [0.05, 0.1) is 17.1 Å². The molecule has 2 aromatic rings. The van der Waals surface area contributed by atoms with Gasteiger partial charge in [-0.15, -0.1) is 0 Å². The number of hydrogen-bond donors (Lipinski definition) is 1. The van der Waals surface area contributed by atoms with Crippen LogP contribution in [-0.4, -0.2) is 44.4 Å². The topological polar surface area (TPSA) is 99.9 Å². The summed E-state index contributed by atoms with van der Waals surface area (Å²) in [4.78, 5) is 22.7. The van der Waals surface area contributed by atoms with Crippen molar-refractivity contribution < 1.29 is 23.9 Å². The van der Waals surface area contributed by atoms with E-state index in [1.54, 1.807) is 12.1 Å². The minimum Gasteiger partial charge on any atom is -0.490 e. The molecule has 8 nitrogen and oxygen atoms in total. The molecule has 2 rings (SSSR count). The number of benzene rings is 2. The molecule has 138 valence electrons. The van der Waals surface area contributed by atoms with Gasteiger partial charge in [-0.25, -0.2) is 4.79 Å². The summed E-state index contributed by atoms with van der Waals surface area (Å²) in [6.07, 6.45) is 0. The third-order valence-electron chi connectivity index (χ3n) is 3.38. The van der Waals surface area contributed by atoms with E-state index in [0.29, 0.717) is 24.6 Å². The van der Waals surface area contributed by atoms with E-state index in [2.05, 4.69) is 5.32 Å². The Morgan fingerprint density at radius 3 is 2.58 bits per heavy atom. The quantitative estimate of drug-likeness (QED) is 0.301. The number of nitro benzene ring substituents is 1. The molecule has 0 unspecified atom stereocenters. The molecule has 8 heteroatoms. The number of rotatable bonds is 10. The van der Waals surface area contributed by atoms with Gasteiger partial charge in [-0.05, 0) is 24.3 Å². The standard InChI is InChI=1S/C18H20N2O6/c1-24-10-9-19-16-8-7-14(13-17(16)20(22)23)18(21)26-12-11-25-15-5-3-2-4-6-15/h2-8,13,19H,9-12H2,1H3. The number of carbonyl (C=O) groups is 1. The second kappa shape index (κ2) is 10.00. The number of para-hydroxylation sites is 1. The van der Waals surface area contributed by atoms with E-state index in [0.717, 1.165) is 0 Å². The lowest BCUT2D eigenvalue weighted by atomic mass is 10.1. The lowest BCUT2D eigenvalue weighted by molar-refractivity contribution is -0.384. The molecule has 2 aromatic carbocycles. The Kier molecular flexibility index (Phi) is 7.38. The van der Waals surface area contributed by atoms with Crippen LogP contribution in [0.1, 0.15) is 10.4 Å². The average molecular weight is 360 g/mol. The third-order valence-corrected chi connectivity index (χ3v) is 3.38. The van der Waals surface area contributed by atoms with Crippen LogP contribution in [0.3, 0.4) is 0 Å². The maximum absolute atomic E-state index is 12.1. The highest BCUT2D eigenvalue weighted by Crippen LogP contribution is 2.25. The Morgan fingerprint density at radius 1 is 1.12 bits per heavy atom. The minimum absolute atomic E-state index is 0.0371. The first-order chi connectivity index (χ1) is 12.6. The second-order valence-electron chi connectivity index (χ2n) is 5.21. The summed E-state index contributed by atoms with van der Waals surface area (Å²) in [7, 11) is 1.54. The van der Waals surface area contributed by atoms with Crippen molar-refractivity contribution in [3.63, 3.8) is 0 Å². The number of anilines is 1. The predicted molar refractivity (Wildman–Crippen MR) is 95.7 cm³/mol. The largest absolute Gasteiger partial charge is 0.490 e. The van der Waals surface area contributed by atoms with Gasteiger partial charge in [-0.3, -0.25) is 10.1 Å². The lowest BCUT2D eigenvalue weighted by Gasteiger charge is -2.09. The Balaban J connectivity index is 1.91. The molecule has 0 aliphatic rings. The van der Waals surface area contributed by atoms with E-state index in [1.807, 2.05) is 18.2 Å². The van der Waals surface area contributed by atoms with E-state index < -0.39 is 10.9 Å². The molecule has 0 atom stereocenters. The van der Waals surface area contributed by atoms with Gasteiger partial charge >= 0.3 is 5.97 Å². The summed E-state index contributed by atoms with van der Waals surface area (Å²) in [5.74, 6) is 0.0267. The SMILES string of the molecule is COCCNc1ccc(C(=O)OCCOc2ccccc2)cc1[N+](=O)[O-]. The Hall–Kier alpha value is -3.13. The van der Waals surface area contributed by atoms with Crippen molar-refractivity contribution in [2.45, 2.75) is 0 Å². The minimum atomic E-state index is -0.645. The Labute approximate surface area is 150 Å². The first kappa shape index (κ1) is 19.2. The van der Waals surface area contributed by atoms with Crippen molar-refractivity contribution in [3.05, 3.63) is 64.2 Å². The first-order valence-electron chi connectivity index (χ1n) is 7.98. The summed E-state index contributed by atoms with van der Waals surface area (Å²) in [5.41, 5.74) is 0.223. The van der Waals surface area contributed by atoms with Gasteiger partial charge in [-0.2, -0.15) is 0 Å². The van der Waals surface area contributed by atoms with E-state index in [9.17, 15) is 14.9 Å². The second-order valence-corrected chi connectivity index (χ2v) is 5.21.